The van der Waals surface area contributed by atoms with Gasteiger partial charge in [-0.15, -0.1) is 0 Å². The van der Waals surface area contributed by atoms with E-state index in [0.29, 0.717) is 12.1 Å². The van der Waals surface area contributed by atoms with Crippen molar-refractivity contribution in [1.82, 2.24) is 14.9 Å². The summed E-state index contributed by atoms with van der Waals surface area (Å²) in [6.45, 7) is 4.51. The van der Waals surface area contributed by atoms with Crippen molar-refractivity contribution in [3.05, 3.63) is 48.0 Å². The van der Waals surface area contributed by atoms with Crippen LogP contribution in [-0.2, 0) is 6.42 Å². The summed E-state index contributed by atoms with van der Waals surface area (Å²) >= 11 is 0. The first-order valence-electron chi connectivity index (χ1n) is 8.16. The van der Waals surface area contributed by atoms with Gasteiger partial charge in [-0.2, -0.15) is 0 Å². The fourth-order valence-electron chi connectivity index (χ4n) is 3.36. The van der Waals surface area contributed by atoms with Crippen LogP contribution in [0.4, 0.5) is 0 Å². The molecule has 1 aliphatic heterocycles. The van der Waals surface area contributed by atoms with E-state index in [1.54, 1.807) is 0 Å². The van der Waals surface area contributed by atoms with Crippen molar-refractivity contribution in [2.24, 2.45) is 0 Å². The van der Waals surface area contributed by atoms with Gasteiger partial charge in [0.05, 0.1) is 23.9 Å². The van der Waals surface area contributed by atoms with Gasteiger partial charge in [0.2, 0.25) is 0 Å². The van der Waals surface area contributed by atoms with E-state index in [1.807, 2.05) is 12.5 Å². The van der Waals surface area contributed by atoms with E-state index < -0.39 is 0 Å². The molecule has 3 nitrogen and oxygen atoms in total. The molecular formula is C18H25N3. The predicted octanol–water partition coefficient (Wildman–Crippen LogP) is 4.03. The second kappa shape index (κ2) is 6.44. The number of aromatic nitrogens is 2. The zero-order chi connectivity index (χ0) is 14.7. The molecule has 0 spiro atoms. The molecule has 1 aliphatic rings. The molecule has 1 aromatic heterocycles. The van der Waals surface area contributed by atoms with Crippen LogP contribution < -0.4 is 5.32 Å². The van der Waals surface area contributed by atoms with E-state index in [2.05, 4.69) is 53.0 Å². The third kappa shape index (κ3) is 3.03. The highest BCUT2D eigenvalue weighted by atomic mass is 15.1. The highest BCUT2D eigenvalue weighted by Crippen LogP contribution is 2.28. The number of nitrogens with one attached hydrogen (secondary N) is 1. The molecular weight excluding hydrogens is 258 g/mol. The van der Waals surface area contributed by atoms with Gasteiger partial charge in [0.25, 0.3) is 0 Å². The number of hydrogen-bond donors (Lipinski definition) is 1. The Morgan fingerprint density at radius 2 is 2.14 bits per heavy atom. The summed E-state index contributed by atoms with van der Waals surface area (Å²) in [4.78, 5) is 4.42. The first-order valence-corrected chi connectivity index (χ1v) is 8.16. The molecule has 0 amide bonds. The topological polar surface area (TPSA) is 29.9 Å². The predicted molar refractivity (Wildman–Crippen MR) is 86.7 cm³/mol. The van der Waals surface area contributed by atoms with Gasteiger partial charge in [-0.05, 0) is 44.2 Å². The fraction of sp³-hybridized carbons (Fsp3) is 0.500. The van der Waals surface area contributed by atoms with Gasteiger partial charge in [-0.1, -0.05) is 31.5 Å². The van der Waals surface area contributed by atoms with Crippen molar-refractivity contribution in [2.45, 2.75) is 58.0 Å². The quantitative estimate of drug-likeness (QED) is 0.918. The monoisotopic (exact) mass is 283 g/mol. The van der Waals surface area contributed by atoms with Gasteiger partial charge >= 0.3 is 0 Å². The normalized spacial score (nSPS) is 22.4. The standard InChI is InChI=1S/C18H25N3/c1-3-7-15-9-4-5-11-17(15)21-13-19-12-18(21)16-10-6-8-14(2)20-16/h4-5,9,11-14,16,20H,3,6-8,10H2,1-2H3. The summed E-state index contributed by atoms with van der Waals surface area (Å²) in [5.41, 5.74) is 3.99. The lowest BCUT2D eigenvalue weighted by atomic mass is 9.97. The molecule has 0 saturated carbocycles. The van der Waals surface area contributed by atoms with Crippen LogP contribution in [0.2, 0.25) is 0 Å². The van der Waals surface area contributed by atoms with Crippen LogP contribution in [0, 0.1) is 0 Å². The Labute approximate surface area is 127 Å². The number of piperidine rings is 1. The molecule has 3 rings (SSSR count). The van der Waals surface area contributed by atoms with E-state index in [1.165, 1.54) is 42.6 Å². The van der Waals surface area contributed by atoms with Crippen LogP contribution in [0.25, 0.3) is 5.69 Å². The van der Waals surface area contributed by atoms with Crippen LogP contribution in [0.5, 0.6) is 0 Å². The van der Waals surface area contributed by atoms with Crippen LogP contribution in [-0.4, -0.2) is 15.6 Å². The van der Waals surface area contributed by atoms with E-state index >= 15 is 0 Å². The fourth-order valence-corrected chi connectivity index (χ4v) is 3.36. The molecule has 21 heavy (non-hydrogen) atoms. The molecule has 112 valence electrons. The lowest BCUT2D eigenvalue weighted by Gasteiger charge is -2.29. The molecule has 2 aromatic rings. The van der Waals surface area contributed by atoms with Crippen molar-refractivity contribution in [2.75, 3.05) is 0 Å². The molecule has 1 saturated heterocycles. The van der Waals surface area contributed by atoms with Crippen LogP contribution in [0.3, 0.4) is 0 Å². The summed E-state index contributed by atoms with van der Waals surface area (Å²) in [7, 11) is 0. The summed E-state index contributed by atoms with van der Waals surface area (Å²) in [6.07, 6.45) is 10.0. The smallest absolute Gasteiger partial charge is 0.0994 e. The third-order valence-electron chi connectivity index (χ3n) is 4.41. The maximum atomic E-state index is 4.42. The molecule has 2 atom stereocenters. The Bertz CT molecular complexity index is 588. The number of hydrogen-bond acceptors (Lipinski definition) is 2. The molecule has 1 fully saturated rings. The SMILES string of the molecule is CCCc1ccccc1-n1cncc1C1CCCC(C)N1. The summed E-state index contributed by atoms with van der Waals surface area (Å²) in [5, 5.41) is 3.72. The van der Waals surface area contributed by atoms with Crippen LogP contribution in [0.15, 0.2) is 36.8 Å². The van der Waals surface area contributed by atoms with Gasteiger partial charge < -0.3 is 9.88 Å². The lowest BCUT2D eigenvalue weighted by Crippen LogP contribution is -2.35. The number of imidazole rings is 1. The van der Waals surface area contributed by atoms with E-state index in [0.717, 1.165) is 6.42 Å². The average molecular weight is 283 g/mol. The van der Waals surface area contributed by atoms with Gasteiger partial charge in [-0.3, -0.25) is 0 Å². The minimum Gasteiger partial charge on any atom is -0.306 e. The number of benzene rings is 1. The largest absolute Gasteiger partial charge is 0.306 e. The maximum Gasteiger partial charge on any atom is 0.0994 e. The highest BCUT2D eigenvalue weighted by Gasteiger charge is 2.23. The zero-order valence-electron chi connectivity index (χ0n) is 13.0. The molecule has 1 aromatic carbocycles. The van der Waals surface area contributed by atoms with Gasteiger partial charge in [-0.25, -0.2) is 4.98 Å². The Hall–Kier alpha value is -1.61. The molecule has 2 heterocycles. The molecule has 1 N–H and O–H groups in total. The maximum absolute atomic E-state index is 4.42. The van der Waals surface area contributed by atoms with Crippen LogP contribution >= 0.6 is 0 Å². The van der Waals surface area contributed by atoms with Gasteiger partial charge in [0.1, 0.15) is 0 Å². The lowest BCUT2D eigenvalue weighted by molar-refractivity contribution is 0.334. The third-order valence-corrected chi connectivity index (χ3v) is 4.41. The van der Waals surface area contributed by atoms with Crippen molar-refractivity contribution in [3.8, 4) is 5.69 Å². The van der Waals surface area contributed by atoms with Crippen molar-refractivity contribution >= 4 is 0 Å². The molecule has 3 heteroatoms. The number of aryl methyl sites for hydroxylation is 1. The molecule has 0 bridgehead atoms. The minimum absolute atomic E-state index is 0.422. The van der Waals surface area contributed by atoms with Crippen molar-refractivity contribution < 1.29 is 0 Å². The van der Waals surface area contributed by atoms with E-state index in [-0.39, 0.29) is 0 Å². The first-order chi connectivity index (χ1) is 10.3. The Balaban J connectivity index is 1.95. The Kier molecular flexibility index (Phi) is 4.39. The summed E-state index contributed by atoms with van der Waals surface area (Å²) in [5.74, 6) is 0. The summed E-state index contributed by atoms with van der Waals surface area (Å²) in [6, 6.07) is 9.72. The minimum atomic E-state index is 0.422. The first kappa shape index (κ1) is 14.3. The van der Waals surface area contributed by atoms with Crippen LogP contribution in [0.1, 0.15) is 56.8 Å². The second-order valence-electron chi connectivity index (χ2n) is 6.12. The van der Waals surface area contributed by atoms with Crippen molar-refractivity contribution in [1.29, 1.82) is 0 Å². The van der Waals surface area contributed by atoms with Crippen molar-refractivity contribution in [3.63, 3.8) is 0 Å². The second-order valence-corrected chi connectivity index (χ2v) is 6.12. The average Bonchev–Trinajstić information content (AvgIpc) is 2.97. The summed E-state index contributed by atoms with van der Waals surface area (Å²) < 4.78 is 2.28. The van der Waals surface area contributed by atoms with Gasteiger partial charge in [0, 0.05) is 12.1 Å². The Morgan fingerprint density at radius 3 is 2.95 bits per heavy atom. The van der Waals surface area contributed by atoms with E-state index in [9.17, 15) is 0 Å². The molecule has 2 unspecified atom stereocenters. The Morgan fingerprint density at radius 1 is 1.29 bits per heavy atom. The molecule has 0 aliphatic carbocycles. The molecule has 0 radical (unpaired) electrons. The zero-order valence-corrected chi connectivity index (χ0v) is 13.0. The number of rotatable bonds is 4. The highest BCUT2D eigenvalue weighted by molar-refractivity contribution is 5.43. The van der Waals surface area contributed by atoms with E-state index in [4.69, 9.17) is 0 Å². The number of para-hydroxylation sites is 1. The van der Waals surface area contributed by atoms with Gasteiger partial charge in [0.15, 0.2) is 0 Å². The number of nitrogens with zero attached hydrogens (tertiary/aromatic N) is 2.